The predicted molar refractivity (Wildman–Crippen MR) is 50.3 cm³/mol. The lowest BCUT2D eigenvalue weighted by Gasteiger charge is -1.98. The summed E-state index contributed by atoms with van der Waals surface area (Å²) < 4.78 is 0.355. The first-order chi connectivity index (χ1) is 6.13. The first-order valence-electron chi connectivity index (χ1n) is 3.57. The van der Waals surface area contributed by atoms with Gasteiger partial charge >= 0.3 is 0 Å². The molecule has 6 heteroatoms. The van der Waals surface area contributed by atoms with Gasteiger partial charge in [-0.1, -0.05) is 0 Å². The number of nitrogens with zero attached hydrogens (tertiary/aromatic N) is 1. The van der Waals surface area contributed by atoms with Crippen LogP contribution in [0, 0.1) is 0 Å². The average Bonchev–Trinajstić information content (AvgIpc) is 2.11. The largest absolute Gasteiger partial charge is 0.359 e. The van der Waals surface area contributed by atoms with E-state index in [4.69, 9.17) is 0 Å². The van der Waals surface area contributed by atoms with Gasteiger partial charge in [-0.2, -0.15) is 0 Å². The van der Waals surface area contributed by atoms with Gasteiger partial charge in [0.25, 0.3) is 5.56 Å². The lowest BCUT2D eigenvalue weighted by molar-refractivity contribution is -0.120. The molecule has 0 radical (unpaired) electrons. The number of hydrogen-bond donors (Lipinski definition) is 2. The Bertz CT molecular complexity index is 374. The molecule has 13 heavy (non-hydrogen) atoms. The van der Waals surface area contributed by atoms with E-state index in [0.29, 0.717) is 10.3 Å². The first kappa shape index (κ1) is 9.91. The monoisotopic (exact) mass is 245 g/mol. The predicted octanol–water partition coefficient (Wildman–Crippen LogP) is -0.179. The van der Waals surface area contributed by atoms with Crippen molar-refractivity contribution in [3.05, 3.63) is 26.8 Å². The van der Waals surface area contributed by atoms with E-state index in [0.717, 1.165) is 0 Å². The number of amides is 1. The van der Waals surface area contributed by atoms with E-state index in [2.05, 4.69) is 31.2 Å². The number of H-pyrrole nitrogens is 1. The van der Waals surface area contributed by atoms with Gasteiger partial charge in [0.1, 0.15) is 10.3 Å². The molecule has 1 rings (SSSR count). The van der Waals surface area contributed by atoms with Crippen LogP contribution in [0.2, 0.25) is 0 Å². The van der Waals surface area contributed by atoms with Crippen LogP contribution in [-0.4, -0.2) is 22.9 Å². The van der Waals surface area contributed by atoms with Crippen LogP contribution >= 0.6 is 15.9 Å². The summed E-state index contributed by atoms with van der Waals surface area (Å²) in [6.07, 6.45) is 1.45. The molecule has 0 aliphatic carbocycles. The first-order valence-corrected chi connectivity index (χ1v) is 4.37. The molecule has 0 atom stereocenters. The van der Waals surface area contributed by atoms with Crippen molar-refractivity contribution in [2.24, 2.45) is 0 Å². The lowest BCUT2D eigenvalue weighted by atomic mass is 10.4. The maximum absolute atomic E-state index is 11.0. The quantitative estimate of drug-likeness (QED) is 0.760. The van der Waals surface area contributed by atoms with Crippen molar-refractivity contribution in [1.82, 2.24) is 15.3 Å². The van der Waals surface area contributed by atoms with Gasteiger partial charge in [0.05, 0.1) is 6.42 Å². The van der Waals surface area contributed by atoms with E-state index in [1.54, 1.807) is 0 Å². The topological polar surface area (TPSA) is 74.8 Å². The highest BCUT2D eigenvalue weighted by Gasteiger charge is 2.03. The van der Waals surface area contributed by atoms with Gasteiger partial charge < -0.3 is 10.3 Å². The Kier molecular flexibility index (Phi) is 3.18. The van der Waals surface area contributed by atoms with E-state index in [9.17, 15) is 9.59 Å². The highest BCUT2D eigenvalue weighted by molar-refractivity contribution is 9.10. The molecule has 0 aliphatic heterocycles. The third-order valence-electron chi connectivity index (χ3n) is 1.42. The highest BCUT2D eigenvalue weighted by Crippen LogP contribution is 1.98. The maximum Gasteiger partial charge on any atom is 0.265 e. The van der Waals surface area contributed by atoms with Crippen LogP contribution in [0.15, 0.2) is 15.5 Å². The minimum Gasteiger partial charge on any atom is -0.359 e. The molecule has 0 bridgehead atoms. The molecule has 5 nitrogen and oxygen atoms in total. The Labute approximate surface area is 82.7 Å². The second-order valence-corrected chi connectivity index (χ2v) is 3.21. The van der Waals surface area contributed by atoms with Crippen LogP contribution < -0.4 is 10.9 Å². The SMILES string of the molecule is CNC(=O)Cc1ncc(Br)c(=O)[nH]1. The van der Waals surface area contributed by atoms with Gasteiger partial charge in [-0.3, -0.25) is 9.59 Å². The number of rotatable bonds is 2. The molecular formula is C7H8BrN3O2. The van der Waals surface area contributed by atoms with Gasteiger partial charge in [0.2, 0.25) is 5.91 Å². The summed E-state index contributed by atoms with van der Waals surface area (Å²) in [7, 11) is 1.53. The molecule has 0 saturated heterocycles. The molecule has 1 aromatic rings. The van der Waals surface area contributed by atoms with Crippen LogP contribution in [-0.2, 0) is 11.2 Å². The Hall–Kier alpha value is -1.17. The Balaban J connectivity index is 2.86. The van der Waals surface area contributed by atoms with Crippen molar-refractivity contribution in [3.63, 3.8) is 0 Å². The zero-order chi connectivity index (χ0) is 9.84. The van der Waals surface area contributed by atoms with Crippen LogP contribution in [0.4, 0.5) is 0 Å². The van der Waals surface area contributed by atoms with Gasteiger partial charge in [-0.05, 0) is 15.9 Å². The summed E-state index contributed by atoms with van der Waals surface area (Å²) >= 11 is 3.01. The van der Waals surface area contributed by atoms with Crippen molar-refractivity contribution < 1.29 is 4.79 Å². The van der Waals surface area contributed by atoms with Gasteiger partial charge in [-0.15, -0.1) is 0 Å². The number of nitrogens with one attached hydrogen (secondary N) is 2. The highest BCUT2D eigenvalue weighted by atomic mass is 79.9. The molecular weight excluding hydrogens is 238 g/mol. The maximum atomic E-state index is 11.0. The van der Waals surface area contributed by atoms with Crippen LogP contribution in [0.3, 0.4) is 0 Å². The molecule has 70 valence electrons. The molecule has 0 aliphatic rings. The van der Waals surface area contributed by atoms with Crippen LogP contribution in [0.25, 0.3) is 0 Å². The van der Waals surface area contributed by atoms with Crippen LogP contribution in [0.5, 0.6) is 0 Å². The number of carbonyl (C=O) groups is 1. The molecule has 1 heterocycles. The second kappa shape index (κ2) is 4.18. The summed E-state index contributed by atoms with van der Waals surface area (Å²) in [6, 6.07) is 0. The van der Waals surface area contributed by atoms with Crippen molar-refractivity contribution in [3.8, 4) is 0 Å². The summed E-state index contributed by atoms with van der Waals surface area (Å²) in [5, 5.41) is 2.43. The normalized spacial score (nSPS) is 9.69. The van der Waals surface area contributed by atoms with Gasteiger partial charge in [0, 0.05) is 13.2 Å². The summed E-state index contributed by atoms with van der Waals surface area (Å²) in [6.45, 7) is 0. The Morgan fingerprint density at radius 1 is 1.77 bits per heavy atom. The van der Waals surface area contributed by atoms with Crippen molar-refractivity contribution in [1.29, 1.82) is 0 Å². The van der Waals surface area contributed by atoms with Crippen molar-refractivity contribution >= 4 is 21.8 Å². The summed E-state index contributed by atoms with van der Waals surface area (Å²) in [5.41, 5.74) is -0.283. The second-order valence-electron chi connectivity index (χ2n) is 2.36. The smallest absolute Gasteiger partial charge is 0.265 e. The molecule has 0 unspecified atom stereocenters. The Morgan fingerprint density at radius 3 is 3.00 bits per heavy atom. The molecule has 2 N–H and O–H groups in total. The number of aromatic nitrogens is 2. The fourth-order valence-electron chi connectivity index (χ4n) is 0.747. The number of hydrogen-bond acceptors (Lipinski definition) is 3. The fraction of sp³-hybridized carbons (Fsp3) is 0.286. The summed E-state index contributed by atoms with van der Waals surface area (Å²) in [5.74, 6) is 0.165. The van der Waals surface area contributed by atoms with E-state index >= 15 is 0 Å². The van der Waals surface area contributed by atoms with E-state index in [1.165, 1.54) is 13.2 Å². The summed E-state index contributed by atoms with van der Waals surface area (Å²) in [4.78, 5) is 28.3. The zero-order valence-electron chi connectivity index (χ0n) is 6.93. The zero-order valence-corrected chi connectivity index (χ0v) is 8.51. The minimum atomic E-state index is -0.283. The van der Waals surface area contributed by atoms with Crippen molar-refractivity contribution in [2.75, 3.05) is 7.05 Å². The van der Waals surface area contributed by atoms with E-state index < -0.39 is 0 Å². The molecule has 0 spiro atoms. The van der Waals surface area contributed by atoms with E-state index in [-0.39, 0.29) is 17.9 Å². The lowest BCUT2D eigenvalue weighted by Crippen LogP contribution is -2.23. The van der Waals surface area contributed by atoms with Crippen LogP contribution in [0.1, 0.15) is 5.82 Å². The molecule has 1 aromatic heterocycles. The number of aromatic amines is 1. The number of halogens is 1. The standard InChI is InChI=1S/C7H8BrN3O2/c1-9-6(12)2-5-10-3-4(8)7(13)11-5/h3H,2H2,1H3,(H,9,12)(H,10,11,13). The average molecular weight is 246 g/mol. The van der Waals surface area contributed by atoms with Gasteiger partial charge in [-0.25, -0.2) is 4.98 Å². The third-order valence-corrected chi connectivity index (χ3v) is 1.98. The Morgan fingerprint density at radius 2 is 2.46 bits per heavy atom. The third kappa shape index (κ3) is 2.66. The van der Waals surface area contributed by atoms with Crippen molar-refractivity contribution in [2.45, 2.75) is 6.42 Å². The molecule has 0 saturated carbocycles. The fourth-order valence-corrected chi connectivity index (χ4v) is 0.948. The molecule has 0 fully saturated rings. The molecule has 0 aromatic carbocycles. The van der Waals surface area contributed by atoms with Gasteiger partial charge in [0.15, 0.2) is 0 Å². The number of carbonyl (C=O) groups excluding carboxylic acids is 1. The minimum absolute atomic E-state index is 0.0824. The van der Waals surface area contributed by atoms with E-state index in [1.807, 2.05) is 0 Å². The molecule has 1 amide bonds. The number of likely N-dealkylation sites (N-methyl/N-ethyl adjacent to an activating group) is 1.